The van der Waals surface area contributed by atoms with Crippen molar-refractivity contribution >= 4 is 33.5 Å². The van der Waals surface area contributed by atoms with Crippen LogP contribution >= 0.6 is 23.5 Å². The van der Waals surface area contributed by atoms with E-state index < -0.39 is 10.0 Å². The highest BCUT2D eigenvalue weighted by Gasteiger charge is 2.27. The van der Waals surface area contributed by atoms with Crippen LogP contribution in [0.25, 0.3) is 0 Å². The highest BCUT2D eigenvalue weighted by atomic mass is 32.2. The van der Waals surface area contributed by atoms with Gasteiger partial charge in [0.15, 0.2) is 0 Å². The number of pyridine rings is 1. The van der Waals surface area contributed by atoms with Crippen LogP contribution in [0.5, 0.6) is 0 Å². The number of thioether (sulfide) groups is 2. The minimum absolute atomic E-state index is 0.274. The summed E-state index contributed by atoms with van der Waals surface area (Å²) in [6.07, 6.45) is 3.54. The lowest BCUT2D eigenvalue weighted by Crippen LogP contribution is -2.47. The molecule has 0 N–H and O–H groups in total. The van der Waals surface area contributed by atoms with Crippen molar-refractivity contribution in [3.05, 3.63) is 48.2 Å². The minimum Gasteiger partial charge on any atom is -0.304 e. The van der Waals surface area contributed by atoms with Crippen LogP contribution in [0, 0.1) is 0 Å². The molecule has 3 rings (SSSR count). The zero-order valence-electron chi connectivity index (χ0n) is 15.0. The second-order valence-electron chi connectivity index (χ2n) is 6.18. The first-order valence-electron chi connectivity index (χ1n) is 8.39. The Morgan fingerprint density at radius 3 is 2.31 bits per heavy atom. The van der Waals surface area contributed by atoms with Crippen LogP contribution < -0.4 is 0 Å². The molecule has 0 saturated carbocycles. The van der Waals surface area contributed by atoms with Crippen LogP contribution in [0.15, 0.2) is 57.4 Å². The van der Waals surface area contributed by atoms with Gasteiger partial charge in [-0.05, 0) is 43.1 Å². The van der Waals surface area contributed by atoms with Gasteiger partial charge in [-0.2, -0.15) is 4.31 Å². The summed E-state index contributed by atoms with van der Waals surface area (Å²) in [5.41, 5.74) is 1.23. The van der Waals surface area contributed by atoms with E-state index in [2.05, 4.69) is 40.4 Å². The molecule has 140 valence electrons. The maximum Gasteiger partial charge on any atom is 0.244 e. The van der Waals surface area contributed by atoms with Crippen LogP contribution in [-0.2, 0) is 15.8 Å². The summed E-state index contributed by atoms with van der Waals surface area (Å²) in [5.74, 6) is 0.812. The maximum absolute atomic E-state index is 12.7. The standard InChI is InChI=1S/C18H23N3O2S3/c1-20-9-11-21(12-10-20)26(22,23)17-7-8-18(19-13-17)25-14-15-3-5-16(24-2)6-4-15/h3-8,13H,9-12,14H2,1-2H3. The number of piperazine rings is 1. The van der Waals surface area contributed by atoms with Gasteiger partial charge < -0.3 is 4.90 Å². The van der Waals surface area contributed by atoms with Crippen LogP contribution in [0.3, 0.4) is 0 Å². The van der Waals surface area contributed by atoms with Gasteiger partial charge in [0.05, 0.1) is 5.03 Å². The number of hydrogen-bond acceptors (Lipinski definition) is 6. The molecule has 0 radical (unpaired) electrons. The summed E-state index contributed by atoms with van der Waals surface area (Å²) in [5, 5.41) is 0.830. The smallest absolute Gasteiger partial charge is 0.244 e. The predicted molar refractivity (Wildman–Crippen MR) is 108 cm³/mol. The van der Waals surface area contributed by atoms with E-state index >= 15 is 0 Å². The molecule has 5 nitrogen and oxygen atoms in total. The topological polar surface area (TPSA) is 53.5 Å². The fraction of sp³-hybridized carbons (Fsp3) is 0.389. The van der Waals surface area contributed by atoms with Crippen molar-refractivity contribution in [2.75, 3.05) is 39.5 Å². The van der Waals surface area contributed by atoms with Gasteiger partial charge in [-0.25, -0.2) is 13.4 Å². The molecule has 2 aromatic rings. The summed E-state index contributed by atoms with van der Waals surface area (Å²) >= 11 is 3.33. The van der Waals surface area contributed by atoms with Gasteiger partial charge in [-0.1, -0.05) is 12.1 Å². The molecule has 8 heteroatoms. The first kappa shape index (κ1) is 19.7. The highest BCUT2D eigenvalue weighted by Crippen LogP contribution is 2.24. The zero-order chi connectivity index (χ0) is 18.6. The Kier molecular flexibility index (Phi) is 6.63. The molecule has 0 unspecified atom stereocenters. The predicted octanol–water partition coefficient (Wildman–Crippen LogP) is 3.03. The molecule has 1 aromatic heterocycles. The Balaban J connectivity index is 1.62. The molecular formula is C18H23N3O2S3. The maximum atomic E-state index is 12.7. The van der Waals surface area contributed by atoms with Crippen LogP contribution in [0.4, 0.5) is 0 Å². The van der Waals surface area contributed by atoms with Crippen molar-refractivity contribution in [2.45, 2.75) is 20.6 Å². The minimum atomic E-state index is -3.44. The molecule has 1 saturated heterocycles. The van der Waals surface area contributed by atoms with E-state index in [0.717, 1.165) is 23.9 Å². The molecule has 26 heavy (non-hydrogen) atoms. The highest BCUT2D eigenvalue weighted by molar-refractivity contribution is 7.98. The van der Waals surface area contributed by atoms with Gasteiger partial charge in [0, 0.05) is 43.0 Å². The zero-order valence-corrected chi connectivity index (χ0v) is 17.4. The number of sulfonamides is 1. The third kappa shape index (κ3) is 4.80. The van der Waals surface area contributed by atoms with Crippen molar-refractivity contribution in [1.29, 1.82) is 0 Å². The normalized spacial score (nSPS) is 16.7. The van der Waals surface area contributed by atoms with Crippen molar-refractivity contribution in [1.82, 2.24) is 14.2 Å². The number of hydrogen-bond donors (Lipinski definition) is 0. The van der Waals surface area contributed by atoms with Gasteiger partial charge >= 0.3 is 0 Å². The van der Waals surface area contributed by atoms with E-state index in [4.69, 9.17) is 0 Å². The third-order valence-electron chi connectivity index (χ3n) is 4.36. The van der Waals surface area contributed by atoms with Gasteiger partial charge in [0.2, 0.25) is 10.0 Å². The van der Waals surface area contributed by atoms with Gasteiger partial charge in [-0.15, -0.1) is 23.5 Å². The van der Waals surface area contributed by atoms with Crippen LogP contribution in [0.2, 0.25) is 0 Å². The van der Waals surface area contributed by atoms with Gasteiger partial charge in [-0.3, -0.25) is 0 Å². The molecule has 0 aliphatic carbocycles. The lowest BCUT2D eigenvalue weighted by molar-refractivity contribution is 0.222. The van der Waals surface area contributed by atoms with Crippen molar-refractivity contribution in [3.8, 4) is 0 Å². The number of nitrogens with zero attached hydrogens (tertiary/aromatic N) is 3. The molecule has 0 amide bonds. The molecule has 2 heterocycles. The molecule has 1 aliphatic heterocycles. The average molecular weight is 410 g/mol. The molecule has 0 bridgehead atoms. The first-order valence-corrected chi connectivity index (χ1v) is 12.0. The number of aromatic nitrogens is 1. The second kappa shape index (κ2) is 8.75. The van der Waals surface area contributed by atoms with E-state index in [-0.39, 0.29) is 4.90 Å². The Morgan fingerprint density at radius 2 is 1.73 bits per heavy atom. The van der Waals surface area contributed by atoms with E-state index in [1.165, 1.54) is 16.7 Å². The number of rotatable bonds is 6. The van der Waals surface area contributed by atoms with Gasteiger partial charge in [0.25, 0.3) is 0 Å². The summed E-state index contributed by atoms with van der Waals surface area (Å²) in [6.45, 7) is 2.58. The molecule has 1 aromatic carbocycles. The molecule has 1 fully saturated rings. The molecule has 0 atom stereocenters. The fourth-order valence-corrected chi connectivity index (χ4v) is 5.24. The molecular weight excluding hydrogens is 386 g/mol. The van der Waals surface area contributed by atoms with Gasteiger partial charge in [0.1, 0.15) is 4.90 Å². The summed E-state index contributed by atoms with van der Waals surface area (Å²) < 4.78 is 27.0. The van der Waals surface area contributed by atoms with E-state index in [0.29, 0.717) is 13.1 Å². The van der Waals surface area contributed by atoms with Crippen LogP contribution in [0.1, 0.15) is 5.56 Å². The lowest BCUT2D eigenvalue weighted by Gasteiger charge is -2.31. The fourth-order valence-electron chi connectivity index (χ4n) is 2.66. The monoisotopic (exact) mass is 409 g/mol. The summed E-state index contributed by atoms with van der Waals surface area (Å²) in [7, 11) is -1.44. The first-order chi connectivity index (χ1) is 12.5. The molecule has 1 aliphatic rings. The summed E-state index contributed by atoms with van der Waals surface area (Å²) in [4.78, 5) is 8.00. The van der Waals surface area contributed by atoms with Crippen molar-refractivity contribution in [3.63, 3.8) is 0 Å². The van der Waals surface area contributed by atoms with E-state index in [1.54, 1.807) is 40.0 Å². The van der Waals surface area contributed by atoms with Crippen molar-refractivity contribution in [2.24, 2.45) is 0 Å². The van der Waals surface area contributed by atoms with E-state index in [1.807, 2.05) is 7.05 Å². The number of likely N-dealkylation sites (N-methyl/N-ethyl adjacent to an activating group) is 1. The average Bonchev–Trinajstić information content (AvgIpc) is 2.67. The third-order valence-corrected chi connectivity index (χ3v) is 8.00. The Hall–Kier alpha value is -1.06. The second-order valence-corrected chi connectivity index (χ2v) is 9.99. The largest absolute Gasteiger partial charge is 0.304 e. The van der Waals surface area contributed by atoms with Crippen LogP contribution in [-0.4, -0.2) is 62.1 Å². The Labute approximate surface area is 164 Å². The molecule has 0 spiro atoms. The number of benzene rings is 1. The quantitative estimate of drug-likeness (QED) is 0.684. The Bertz CT molecular complexity index is 816. The Morgan fingerprint density at radius 1 is 1.04 bits per heavy atom. The van der Waals surface area contributed by atoms with E-state index in [9.17, 15) is 8.42 Å². The SMILES string of the molecule is CSc1ccc(CSc2ccc(S(=O)(=O)N3CCN(C)CC3)cn2)cc1. The lowest BCUT2D eigenvalue weighted by atomic mass is 10.2. The van der Waals surface area contributed by atoms with Crippen molar-refractivity contribution < 1.29 is 8.42 Å². The summed E-state index contributed by atoms with van der Waals surface area (Å²) in [6, 6.07) is 11.9.